The van der Waals surface area contributed by atoms with Crippen molar-refractivity contribution in [2.75, 3.05) is 6.54 Å². The molecule has 0 radical (unpaired) electrons. The van der Waals surface area contributed by atoms with Crippen LogP contribution in [-0.2, 0) is 11.3 Å². The van der Waals surface area contributed by atoms with Crippen LogP contribution in [-0.4, -0.2) is 44.2 Å². The summed E-state index contributed by atoms with van der Waals surface area (Å²) in [5.41, 5.74) is -1.14. The molecule has 3 N–H and O–H groups in total. The highest BCUT2D eigenvalue weighted by Gasteiger charge is 2.42. The fourth-order valence-electron chi connectivity index (χ4n) is 2.54. The Hall–Kier alpha value is -2.12. The van der Waals surface area contributed by atoms with Gasteiger partial charge in [0, 0.05) is 12.7 Å². The van der Waals surface area contributed by atoms with Gasteiger partial charge in [-0.15, -0.1) is 5.10 Å². The zero-order chi connectivity index (χ0) is 15.3. The van der Waals surface area contributed by atoms with Crippen molar-refractivity contribution in [1.82, 2.24) is 25.6 Å². The predicted octanol–water partition coefficient (Wildman–Crippen LogP) is 0.611. The summed E-state index contributed by atoms with van der Waals surface area (Å²) >= 11 is 0. The Labute approximate surface area is 122 Å². The van der Waals surface area contributed by atoms with Crippen molar-refractivity contribution in [3.63, 3.8) is 0 Å². The SMILES string of the molecule is CC1CCC(NC(=O)NCCn2ccnn2)(C(=O)O)CC1. The lowest BCUT2D eigenvalue weighted by atomic mass is 9.77. The van der Waals surface area contributed by atoms with E-state index in [-0.39, 0.29) is 0 Å². The van der Waals surface area contributed by atoms with Crippen molar-refractivity contribution in [3.05, 3.63) is 12.4 Å². The molecule has 1 aliphatic rings. The quantitative estimate of drug-likeness (QED) is 0.737. The number of carbonyl (C=O) groups is 2. The molecule has 0 spiro atoms. The summed E-state index contributed by atoms with van der Waals surface area (Å²) in [5, 5.41) is 22.2. The van der Waals surface area contributed by atoms with Crippen molar-refractivity contribution in [3.8, 4) is 0 Å². The number of hydrogen-bond acceptors (Lipinski definition) is 4. The molecule has 1 aromatic rings. The molecule has 0 bridgehead atoms. The fraction of sp³-hybridized carbons (Fsp3) is 0.692. The lowest BCUT2D eigenvalue weighted by Crippen LogP contribution is -2.58. The molecule has 1 fully saturated rings. The molecule has 1 aliphatic carbocycles. The minimum absolute atomic E-state index is 0.362. The van der Waals surface area contributed by atoms with Crippen molar-refractivity contribution in [1.29, 1.82) is 0 Å². The lowest BCUT2D eigenvalue weighted by Gasteiger charge is -2.36. The van der Waals surface area contributed by atoms with Crippen LogP contribution >= 0.6 is 0 Å². The molecule has 1 heterocycles. The van der Waals surface area contributed by atoms with Crippen molar-refractivity contribution >= 4 is 12.0 Å². The second-order valence-electron chi connectivity index (χ2n) is 5.62. The fourth-order valence-corrected chi connectivity index (χ4v) is 2.54. The maximum atomic E-state index is 11.9. The molecule has 0 aliphatic heterocycles. The number of aromatic nitrogens is 3. The number of aliphatic carboxylic acids is 1. The summed E-state index contributed by atoms with van der Waals surface area (Å²) in [6.07, 6.45) is 5.82. The maximum absolute atomic E-state index is 11.9. The van der Waals surface area contributed by atoms with Crippen LogP contribution in [0, 0.1) is 5.92 Å². The summed E-state index contributed by atoms with van der Waals surface area (Å²) < 4.78 is 1.59. The van der Waals surface area contributed by atoms with E-state index in [1.54, 1.807) is 17.1 Å². The van der Waals surface area contributed by atoms with Gasteiger partial charge in [-0.05, 0) is 31.6 Å². The number of hydrogen-bond donors (Lipinski definition) is 3. The van der Waals surface area contributed by atoms with Crippen LogP contribution in [0.5, 0.6) is 0 Å². The van der Waals surface area contributed by atoms with Crippen LogP contribution in [0.2, 0.25) is 0 Å². The zero-order valence-electron chi connectivity index (χ0n) is 12.1. The molecule has 1 aromatic heterocycles. The van der Waals surface area contributed by atoms with Crippen LogP contribution in [0.25, 0.3) is 0 Å². The number of nitrogens with one attached hydrogen (secondary N) is 2. The highest BCUT2D eigenvalue weighted by Crippen LogP contribution is 2.32. The van der Waals surface area contributed by atoms with E-state index in [9.17, 15) is 14.7 Å². The molecule has 0 saturated heterocycles. The predicted molar refractivity (Wildman–Crippen MR) is 74.6 cm³/mol. The van der Waals surface area contributed by atoms with Gasteiger partial charge in [-0.3, -0.25) is 4.68 Å². The zero-order valence-corrected chi connectivity index (χ0v) is 12.1. The van der Waals surface area contributed by atoms with E-state index in [1.807, 2.05) is 0 Å². The van der Waals surface area contributed by atoms with Gasteiger partial charge < -0.3 is 15.7 Å². The van der Waals surface area contributed by atoms with E-state index in [0.29, 0.717) is 31.8 Å². The first-order valence-electron chi connectivity index (χ1n) is 7.15. The molecule has 8 heteroatoms. The van der Waals surface area contributed by atoms with Crippen molar-refractivity contribution in [2.24, 2.45) is 5.92 Å². The number of urea groups is 1. The third kappa shape index (κ3) is 3.93. The lowest BCUT2D eigenvalue weighted by molar-refractivity contribution is -0.146. The second kappa shape index (κ2) is 6.55. The molecular formula is C13H21N5O3. The monoisotopic (exact) mass is 295 g/mol. The van der Waals surface area contributed by atoms with Crippen LogP contribution in [0.4, 0.5) is 4.79 Å². The van der Waals surface area contributed by atoms with Crippen molar-refractivity contribution < 1.29 is 14.7 Å². The average molecular weight is 295 g/mol. The number of carboxylic acids is 1. The van der Waals surface area contributed by atoms with E-state index in [2.05, 4.69) is 27.9 Å². The van der Waals surface area contributed by atoms with Gasteiger partial charge in [-0.25, -0.2) is 9.59 Å². The van der Waals surface area contributed by atoms with Crippen molar-refractivity contribution in [2.45, 2.75) is 44.7 Å². The average Bonchev–Trinajstić information content (AvgIpc) is 2.94. The van der Waals surface area contributed by atoms with Crippen LogP contribution < -0.4 is 10.6 Å². The van der Waals surface area contributed by atoms with Crippen LogP contribution in [0.1, 0.15) is 32.6 Å². The number of carbonyl (C=O) groups excluding carboxylic acids is 1. The van der Waals surface area contributed by atoms with Gasteiger partial charge in [0.2, 0.25) is 0 Å². The third-order valence-corrected chi connectivity index (χ3v) is 3.99. The standard InChI is InChI=1S/C13H21N5O3/c1-10-2-4-13(5-3-10,11(19)20)16-12(21)14-6-8-18-9-7-15-17-18/h7,9-10H,2-6,8H2,1H3,(H,19,20)(H2,14,16,21). The van der Waals surface area contributed by atoms with Gasteiger partial charge in [0.05, 0.1) is 12.7 Å². The Kier molecular flexibility index (Phi) is 4.77. The molecule has 0 aromatic carbocycles. The molecule has 2 amide bonds. The Morgan fingerprint density at radius 3 is 2.71 bits per heavy atom. The highest BCUT2D eigenvalue weighted by molar-refractivity contribution is 5.86. The summed E-state index contributed by atoms with van der Waals surface area (Å²) in [7, 11) is 0. The van der Waals surface area contributed by atoms with Gasteiger partial charge in [-0.2, -0.15) is 0 Å². The number of amides is 2. The maximum Gasteiger partial charge on any atom is 0.329 e. The summed E-state index contributed by atoms with van der Waals surface area (Å²) in [6, 6.07) is -0.452. The molecule has 2 rings (SSSR count). The first-order chi connectivity index (χ1) is 10.0. The minimum Gasteiger partial charge on any atom is -0.480 e. The Morgan fingerprint density at radius 2 is 2.14 bits per heavy atom. The summed E-state index contributed by atoms with van der Waals surface area (Å²) in [5.74, 6) is -0.449. The largest absolute Gasteiger partial charge is 0.480 e. The van der Waals surface area contributed by atoms with Gasteiger partial charge in [0.15, 0.2) is 0 Å². The molecule has 116 valence electrons. The second-order valence-corrected chi connectivity index (χ2v) is 5.62. The normalized spacial score (nSPS) is 25.3. The molecule has 1 saturated carbocycles. The topological polar surface area (TPSA) is 109 Å². The van der Waals surface area contributed by atoms with E-state index >= 15 is 0 Å². The van der Waals surface area contributed by atoms with Gasteiger partial charge in [0.1, 0.15) is 5.54 Å². The number of rotatable bonds is 5. The van der Waals surface area contributed by atoms with E-state index < -0.39 is 17.5 Å². The first kappa shape index (κ1) is 15.3. The first-order valence-corrected chi connectivity index (χ1v) is 7.15. The smallest absolute Gasteiger partial charge is 0.329 e. The Bertz CT molecular complexity index is 480. The van der Waals surface area contributed by atoms with Crippen LogP contribution in [0.3, 0.4) is 0 Å². The molecular weight excluding hydrogens is 274 g/mol. The number of carboxylic acid groups (broad SMARTS) is 1. The highest BCUT2D eigenvalue weighted by atomic mass is 16.4. The van der Waals surface area contributed by atoms with E-state index in [0.717, 1.165) is 12.8 Å². The van der Waals surface area contributed by atoms with E-state index in [1.165, 1.54) is 0 Å². The molecule has 0 unspecified atom stereocenters. The van der Waals surface area contributed by atoms with Crippen LogP contribution in [0.15, 0.2) is 12.4 Å². The van der Waals surface area contributed by atoms with E-state index in [4.69, 9.17) is 0 Å². The summed E-state index contributed by atoms with van der Waals surface area (Å²) in [6.45, 7) is 2.95. The number of nitrogens with zero attached hydrogens (tertiary/aromatic N) is 3. The minimum atomic E-state index is -1.14. The Morgan fingerprint density at radius 1 is 1.43 bits per heavy atom. The van der Waals surface area contributed by atoms with Gasteiger partial charge in [0.25, 0.3) is 0 Å². The van der Waals surface area contributed by atoms with Gasteiger partial charge in [-0.1, -0.05) is 12.1 Å². The summed E-state index contributed by atoms with van der Waals surface area (Å²) in [4.78, 5) is 23.4. The van der Waals surface area contributed by atoms with Gasteiger partial charge >= 0.3 is 12.0 Å². The molecule has 21 heavy (non-hydrogen) atoms. The molecule has 8 nitrogen and oxygen atoms in total. The molecule has 0 atom stereocenters. The third-order valence-electron chi connectivity index (χ3n) is 3.99. The Balaban J connectivity index is 1.82.